The van der Waals surface area contributed by atoms with Gasteiger partial charge in [-0.3, -0.25) is 0 Å². The average molecular weight is 526 g/mol. The largest absolute Gasteiger partial charge is 0.475 e. The van der Waals surface area contributed by atoms with E-state index in [1.807, 2.05) is 0 Å². The first-order valence-electron chi connectivity index (χ1n) is 13.8. The third-order valence-corrected chi connectivity index (χ3v) is 8.47. The normalized spacial score (nSPS) is 16.8. The van der Waals surface area contributed by atoms with Crippen LogP contribution in [0, 0.1) is 0 Å². The van der Waals surface area contributed by atoms with Gasteiger partial charge >= 0.3 is 0 Å². The van der Waals surface area contributed by atoms with Gasteiger partial charge in [0.05, 0.1) is 11.3 Å². The highest BCUT2D eigenvalue weighted by molar-refractivity contribution is 7.52. The number of hydrogen-bond acceptors (Lipinski definition) is 2. The molecule has 0 radical (unpaired) electrons. The van der Waals surface area contributed by atoms with E-state index in [9.17, 15) is 0 Å². The molecule has 3 heteroatoms. The van der Waals surface area contributed by atoms with Crippen LogP contribution in [0.4, 0.5) is 0 Å². The zero-order valence-corrected chi connectivity index (χ0v) is 25.6. The van der Waals surface area contributed by atoms with E-state index in [1.54, 1.807) is 0 Å². The molecule has 3 aromatic carbocycles. The molecule has 1 aliphatic heterocycles. The van der Waals surface area contributed by atoms with Gasteiger partial charge < -0.3 is 4.74 Å². The Morgan fingerprint density at radius 2 is 1.29 bits per heavy atom. The highest BCUT2D eigenvalue weighted by Gasteiger charge is 2.30. The summed E-state index contributed by atoms with van der Waals surface area (Å²) in [5.41, 5.74) is 6.75. The molecule has 200 valence electrons. The number of benzene rings is 3. The Morgan fingerprint density at radius 1 is 0.763 bits per heavy atom. The fourth-order valence-corrected chi connectivity index (χ4v) is 6.57. The summed E-state index contributed by atoms with van der Waals surface area (Å²) in [5.74, 6) is 0.790. The smallest absolute Gasteiger partial charge is 0.221 e. The molecule has 0 unspecified atom stereocenters. The lowest BCUT2D eigenvalue weighted by molar-refractivity contribution is 0.321. The van der Waals surface area contributed by atoms with E-state index in [4.69, 9.17) is 9.73 Å². The summed E-state index contributed by atoms with van der Waals surface area (Å²) < 4.78 is 6.36. The Kier molecular flexibility index (Phi) is 8.06. The third kappa shape index (κ3) is 6.65. The Bertz CT molecular complexity index is 1280. The van der Waals surface area contributed by atoms with Crippen molar-refractivity contribution < 1.29 is 4.74 Å². The summed E-state index contributed by atoms with van der Waals surface area (Å²) in [6, 6.07) is 26.3. The van der Waals surface area contributed by atoms with Gasteiger partial charge in [-0.15, -0.1) is 0 Å². The fourth-order valence-electron chi connectivity index (χ4n) is 4.81. The van der Waals surface area contributed by atoms with Gasteiger partial charge in [0.15, 0.2) is 0 Å². The van der Waals surface area contributed by atoms with Crippen molar-refractivity contribution in [3.63, 3.8) is 0 Å². The van der Waals surface area contributed by atoms with Gasteiger partial charge in [-0.25, -0.2) is 4.99 Å². The lowest BCUT2D eigenvalue weighted by Gasteiger charge is -2.32. The second kappa shape index (κ2) is 10.8. The lowest BCUT2D eigenvalue weighted by Crippen LogP contribution is -2.30. The van der Waals surface area contributed by atoms with Crippen molar-refractivity contribution in [3.05, 3.63) is 101 Å². The molecule has 1 atom stereocenters. The van der Waals surface area contributed by atoms with Gasteiger partial charge in [0.1, 0.15) is 6.61 Å². The lowest BCUT2D eigenvalue weighted by atomic mass is 9.75. The maximum Gasteiger partial charge on any atom is 0.221 e. The highest BCUT2D eigenvalue weighted by atomic mass is 31.1. The van der Waals surface area contributed by atoms with Crippen molar-refractivity contribution in [2.24, 2.45) is 4.99 Å². The van der Waals surface area contributed by atoms with E-state index in [1.165, 1.54) is 33.1 Å². The minimum atomic E-state index is -0.000418. The first kappa shape index (κ1) is 28.3. The molecular formula is C35H44NOP. The summed E-state index contributed by atoms with van der Waals surface area (Å²) in [6.07, 6.45) is 0.893. The minimum absolute atomic E-state index is 0.000418. The van der Waals surface area contributed by atoms with E-state index in [0.717, 1.165) is 25.8 Å². The van der Waals surface area contributed by atoms with Gasteiger partial charge in [0.25, 0.3) is 0 Å². The number of rotatable bonds is 5. The second-order valence-electron chi connectivity index (χ2n) is 13.6. The molecule has 0 N–H and O–H groups in total. The molecule has 0 aliphatic carbocycles. The molecular weight excluding hydrogens is 481 g/mol. The molecule has 1 heterocycles. The molecule has 3 aromatic rings. The molecule has 0 amide bonds. The van der Waals surface area contributed by atoms with Crippen LogP contribution in [0.3, 0.4) is 0 Å². The minimum Gasteiger partial charge on any atom is -0.475 e. The van der Waals surface area contributed by atoms with E-state index in [0.29, 0.717) is 6.61 Å². The van der Waals surface area contributed by atoms with Crippen LogP contribution in [0.5, 0.6) is 0 Å². The molecule has 0 saturated carbocycles. The van der Waals surface area contributed by atoms with Crippen LogP contribution in [0.1, 0.15) is 90.1 Å². The Labute approximate surface area is 232 Å². The van der Waals surface area contributed by atoms with Crippen LogP contribution >= 0.6 is 8.20 Å². The van der Waals surface area contributed by atoms with E-state index in [-0.39, 0.29) is 22.3 Å². The van der Waals surface area contributed by atoms with Gasteiger partial charge in [-0.05, 0) is 50.5 Å². The van der Waals surface area contributed by atoms with E-state index >= 15 is 0 Å². The first-order chi connectivity index (χ1) is 17.7. The fraction of sp³-hybridized carbons (Fsp3) is 0.429. The monoisotopic (exact) mass is 525 g/mol. The van der Waals surface area contributed by atoms with E-state index < -0.39 is 0 Å². The van der Waals surface area contributed by atoms with Gasteiger partial charge in [0, 0.05) is 5.30 Å². The Hall–Kier alpha value is -2.70. The van der Waals surface area contributed by atoms with Crippen molar-refractivity contribution in [2.45, 2.75) is 91.0 Å². The standard InChI is InChI=1S/C35H44NOP/c1-33(2,3)26-21-28(34(4,5)6)31(29(22-26)35(7,8)9)38-30(25-18-14-11-15-19-25)32-36-27(23-37-32)20-24-16-12-10-13-17-24/h10-19,21-22,27H,20,23H2,1-9H3/t27-/m0/s1. The third-order valence-electron chi connectivity index (χ3n) is 7.09. The van der Waals surface area contributed by atoms with Crippen LogP contribution < -0.4 is 5.30 Å². The summed E-state index contributed by atoms with van der Waals surface area (Å²) in [5, 5.41) is 2.54. The summed E-state index contributed by atoms with van der Waals surface area (Å²) in [7, 11) is 1.14. The van der Waals surface area contributed by atoms with Gasteiger partial charge in [0.2, 0.25) is 5.90 Å². The van der Waals surface area contributed by atoms with Crippen molar-refractivity contribution in [3.8, 4) is 0 Å². The quantitative estimate of drug-likeness (QED) is 0.306. The van der Waals surface area contributed by atoms with Crippen molar-refractivity contribution in [1.82, 2.24) is 0 Å². The van der Waals surface area contributed by atoms with Crippen LogP contribution in [0.25, 0.3) is 0 Å². The van der Waals surface area contributed by atoms with Crippen LogP contribution in [-0.2, 0) is 27.4 Å². The molecule has 0 fully saturated rings. The SMILES string of the molecule is CC(C)(C)c1cc(C(C)(C)C)c(P=C(C2=N[C@@H](Cc3ccccc3)CO2)c2ccccc2)c(C(C)(C)C)c1. The Morgan fingerprint density at radius 3 is 1.79 bits per heavy atom. The van der Waals surface area contributed by atoms with Crippen LogP contribution in [0.15, 0.2) is 77.8 Å². The molecule has 1 aliphatic rings. The zero-order chi connectivity index (χ0) is 27.7. The number of aliphatic imine (C=N–C) groups is 1. The van der Waals surface area contributed by atoms with Gasteiger partial charge in [-0.1, -0.05) is 143 Å². The predicted molar refractivity (Wildman–Crippen MR) is 167 cm³/mol. The zero-order valence-electron chi connectivity index (χ0n) is 24.7. The predicted octanol–water partition coefficient (Wildman–Crippen LogP) is 8.41. The molecule has 0 aromatic heterocycles. The number of nitrogens with zero attached hydrogens (tertiary/aromatic N) is 1. The van der Waals surface area contributed by atoms with Crippen molar-refractivity contribution in [2.75, 3.05) is 6.61 Å². The van der Waals surface area contributed by atoms with Crippen molar-refractivity contribution in [1.29, 1.82) is 0 Å². The van der Waals surface area contributed by atoms with Crippen molar-refractivity contribution >= 4 is 24.7 Å². The summed E-state index contributed by atoms with van der Waals surface area (Å²) in [4.78, 5) is 5.15. The number of ether oxygens (including phenoxy) is 1. The Balaban J connectivity index is 1.92. The summed E-state index contributed by atoms with van der Waals surface area (Å²) in [6.45, 7) is 21.6. The molecule has 4 rings (SSSR count). The number of hydrogen-bond donors (Lipinski definition) is 0. The van der Waals surface area contributed by atoms with Gasteiger partial charge in [-0.2, -0.15) is 0 Å². The highest BCUT2D eigenvalue weighted by Crippen LogP contribution is 2.36. The second-order valence-corrected chi connectivity index (χ2v) is 14.7. The molecule has 0 saturated heterocycles. The molecule has 2 nitrogen and oxygen atoms in total. The maximum absolute atomic E-state index is 6.36. The molecule has 0 bridgehead atoms. The van der Waals surface area contributed by atoms with Crippen LogP contribution in [0.2, 0.25) is 0 Å². The topological polar surface area (TPSA) is 21.6 Å². The average Bonchev–Trinajstić information content (AvgIpc) is 3.29. The molecule has 0 spiro atoms. The van der Waals surface area contributed by atoms with E-state index in [2.05, 4.69) is 135 Å². The first-order valence-corrected chi connectivity index (χ1v) is 14.7. The van der Waals surface area contributed by atoms with Crippen LogP contribution in [-0.4, -0.2) is 23.8 Å². The summed E-state index contributed by atoms with van der Waals surface area (Å²) >= 11 is 0. The molecule has 38 heavy (non-hydrogen) atoms. The maximum atomic E-state index is 6.36.